The normalized spacial score (nSPS) is 12.3. The first-order chi connectivity index (χ1) is 10.1. The van der Waals surface area contributed by atoms with Crippen molar-refractivity contribution in [1.82, 2.24) is 14.8 Å². The Morgan fingerprint density at radius 1 is 0.952 bits per heavy atom. The van der Waals surface area contributed by atoms with Gasteiger partial charge >= 0.3 is 136 Å². The summed E-state index contributed by atoms with van der Waals surface area (Å²) in [5, 5.41) is 4.56. The maximum absolute atomic E-state index is 4.81. The Hall–Kier alpha value is -0.0613. The number of unbranched alkanes of at least 4 members (excludes halogenated alkanes) is 3. The van der Waals surface area contributed by atoms with Crippen molar-refractivity contribution in [3.05, 3.63) is 6.33 Å². The summed E-state index contributed by atoms with van der Waals surface area (Å²) in [5.41, 5.74) is 0. The van der Waals surface area contributed by atoms with E-state index in [2.05, 4.69) is 44.4 Å². The minimum absolute atomic E-state index is 0.448. The van der Waals surface area contributed by atoms with E-state index >= 15 is 0 Å². The van der Waals surface area contributed by atoms with Crippen LogP contribution in [0.15, 0.2) is 6.33 Å². The molecule has 0 atom stereocenters. The van der Waals surface area contributed by atoms with Crippen LogP contribution in [0.4, 0.5) is 0 Å². The molecule has 0 aliphatic rings. The van der Waals surface area contributed by atoms with Crippen LogP contribution in [0.3, 0.4) is 0 Å². The van der Waals surface area contributed by atoms with Gasteiger partial charge in [0, 0.05) is 0 Å². The Morgan fingerprint density at radius 2 is 1.43 bits per heavy atom. The van der Waals surface area contributed by atoms with Crippen molar-refractivity contribution >= 4 is 22.2 Å². The van der Waals surface area contributed by atoms with Gasteiger partial charge in [0.2, 0.25) is 0 Å². The molecule has 1 aromatic rings. The fraction of sp³-hybridized carbons (Fsp3) is 0.882. The van der Waals surface area contributed by atoms with Gasteiger partial charge in [-0.3, -0.25) is 0 Å². The number of hydrogen-bond acceptors (Lipinski definition) is 2. The van der Waals surface area contributed by atoms with Gasteiger partial charge in [0.25, 0.3) is 0 Å². The van der Waals surface area contributed by atoms with Crippen molar-refractivity contribution in [2.45, 2.75) is 92.5 Å². The third-order valence-electron chi connectivity index (χ3n) is 4.56. The molecule has 1 heterocycles. The molecule has 0 radical (unpaired) electrons. The number of aromatic nitrogens is 3. The standard InChI is InChI=1S/C5H8N3.3C4H9.Sn/c1-5(2)8-4-6-3-7-8;3*1-3-4-2;/h3,5H,1-2H3;3*1,3-4H2,2H3;. The van der Waals surface area contributed by atoms with Crippen LogP contribution in [0.1, 0.15) is 79.2 Å². The van der Waals surface area contributed by atoms with E-state index in [0.717, 1.165) is 0 Å². The zero-order valence-electron chi connectivity index (χ0n) is 14.9. The van der Waals surface area contributed by atoms with Crippen molar-refractivity contribution in [3.8, 4) is 0 Å². The summed E-state index contributed by atoms with van der Waals surface area (Å²) >= 11 is -2.39. The third-order valence-corrected chi connectivity index (χ3v) is 19.5. The Kier molecular flexibility index (Phi) is 8.91. The van der Waals surface area contributed by atoms with E-state index in [4.69, 9.17) is 4.98 Å². The van der Waals surface area contributed by atoms with Crippen molar-refractivity contribution in [2.24, 2.45) is 0 Å². The van der Waals surface area contributed by atoms with Gasteiger partial charge in [-0.1, -0.05) is 0 Å². The summed E-state index contributed by atoms with van der Waals surface area (Å²) in [6, 6.07) is 0.448. The van der Waals surface area contributed by atoms with Crippen molar-refractivity contribution in [3.63, 3.8) is 0 Å². The number of hydrogen-bond donors (Lipinski definition) is 0. The second-order valence-corrected chi connectivity index (χ2v) is 19.6. The summed E-state index contributed by atoms with van der Waals surface area (Å²) in [4.78, 5) is 4.81. The molecule has 3 nitrogen and oxygen atoms in total. The molecule has 0 aliphatic heterocycles. The van der Waals surface area contributed by atoms with E-state index in [1.165, 1.54) is 55.7 Å². The van der Waals surface area contributed by atoms with E-state index in [1.54, 1.807) is 0 Å². The van der Waals surface area contributed by atoms with Crippen molar-refractivity contribution in [1.29, 1.82) is 0 Å². The fourth-order valence-corrected chi connectivity index (χ4v) is 19.4. The maximum atomic E-state index is 4.81. The Morgan fingerprint density at radius 3 is 1.81 bits per heavy atom. The van der Waals surface area contributed by atoms with Crippen molar-refractivity contribution in [2.75, 3.05) is 0 Å². The molecule has 1 rings (SSSR count). The fourth-order valence-electron chi connectivity index (χ4n) is 3.26. The predicted molar refractivity (Wildman–Crippen MR) is 94.9 cm³/mol. The molecule has 0 N–H and O–H groups in total. The van der Waals surface area contributed by atoms with Crippen molar-refractivity contribution < 1.29 is 0 Å². The van der Waals surface area contributed by atoms with Gasteiger partial charge in [-0.25, -0.2) is 0 Å². The minimum atomic E-state index is -2.39. The first-order valence-electron chi connectivity index (χ1n) is 9.01. The zero-order chi connectivity index (χ0) is 15.7. The molecule has 0 spiro atoms. The van der Waals surface area contributed by atoms with Crippen LogP contribution in [-0.4, -0.2) is 33.1 Å². The van der Waals surface area contributed by atoms with E-state index in [1.807, 2.05) is 6.33 Å². The van der Waals surface area contributed by atoms with Crippen LogP contribution < -0.4 is 3.84 Å². The van der Waals surface area contributed by atoms with Gasteiger partial charge < -0.3 is 0 Å². The summed E-state index contributed by atoms with van der Waals surface area (Å²) in [5.74, 6) is 0. The molecule has 0 saturated carbocycles. The molecule has 1 aromatic heterocycles. The molecular formula is C17H35N3Sn. The topological polar surface area (TPSA) is 30.7 Å². The first-order valence-corrected chi connectivity index (χ1v) is 16.5. The van der Waals surface area contributed by atoms with Crippen LogP contribution in [0.25, 0.3) is 0 Å². The second-order valence-electron chi connectivity index (χ2n) is 6.71. The van der Waals surface area contributed by atoms with Crippen LogP contribution in [0.2, 0.25) is 13.3 Å². The van der Waals surface area contributed by atoms with E-state index in [9.17, 15) is 0 Å². The van der Waals surface area contributed by atoms with E-state index in [-0.39, 0.29) is 0 Å². The predicted octanol–water partition coefficient (Wildman–Crippen LogP) is 4.92. The zero-order valence-corrected chi connectivity index (χ0v) is 17.7. The molecule has 4 heteroatoms. The molecule has 0 aromatic carbocycles. The van der Waals surface area contributed by atoms with Gasteiger partial charge in [0.1, 0.15) is 0 Å². The third kappa shape index (κ3) is 5.26. The van der Waals surface area contributed by atoms with E-state index in [0.29, 0.717) is 6.04 Å². The quantitative estimate of drug-likeness (QED) is 0.494. The number of rotatable bonds is 11. The summed E-state index contributed by atoms with van der Waals surface area (Å²) in [7, 11) is 0. The first kappa shape index (κ1) is 19.0. The molecule has 0 fully saturated rings. The van der Waals surface area contributed by atoms with Crippen LogP contribution in [0.5, 0.6) is 0 Å². The average Bonchev–Trinajstić information content (AvgIpc) is 2.97. The van der Waals surface area contributed by atoms with Crippen LogP contribution in [0, 0.1) is 0 Å². The van der Waals surface area contributed by atoms with Gasteiger partial charge in [0.15, 0.2) is 0 Å². The van der Waals surface area contributed by atoms with Crippen LogP contribution >= 0.6 is 0 Å². The number of nitrogens with zero attached hydrogens (tertiary/aromatic N) is 3. The summed E-state index contributed by atoms with van der Waals surface area (Å²) in [6.07, 6.45) is 9.90. The second kappa shape index (κ2) is 9.85. The molecule has 0 bridgehead atoms. The molecule has 122 valence electrons. The molecule has 0 aliphatic carbocycles. The van der Waals surface area contributed by atoms with E-state index < -0.39 is 18.4 Å². The van der Waals surface area contributed by atoms with Gasteiger partial charge in [-0.05, 0) is 0 Å². The molecular weight excluding hydrogens is 365 g/mol. The Labute approximate surface area is 135 Å². The molecule has 0 unspecified atom stereocenters. The average molecular weight is 400 g/mol. The van der Waals surface area contributed by atoms with Gasteiger partial charge in [-0.15, -0.1) is 0 Å². The molecule has 0 saturated heterocycles. The Bertz CT molecular complexity index is 365. The summed E-state index contributed by atoms with van der Waals surface area (Å²) in [6.45, 7) is 11.5. The molecule has 0 amide bonds. The SMILES string of the molecule is CCC[CH2][Sn]([CH2]CCC)([CH2]CCC)[c]1ncnn1C(C)C. The Balaban J connectivity index is 3.13. The van der Waals surface area contributed by atoms with Gasteiger partial charge in [-0.2, -0.15) is 0 Å². The van der Waals surface area contributed by atoms with Gasteiger partial charge in [0.05, 0.1) is 0 Å². The summed E-state index contributed by atoms with van der Waals surface area (Å²) < 4.78 is 8.12. The monoisotopic (exact) mass is 401 g/mol. The molecule has 21 heavy (non-hydrogen) atoms. The van der Waals surface area contributed by atoms with Crippen LogP contribution in [-0.2, 0) is 0 Å².